The van der Waals surface area contributed by atoms with Crippen molar-refractivity contribution >= 4 is 0 Å². The summed E-state index contributed by atoms with van der Waals surface area (Å²) in [6, 6.07) is 5.51. The average Bonchev–Trinajstić information content (AvgIpc) is 2.95. The van der Waals surface area contributed by atoms with Crippen molar-refractivity contribution in [2.75, 3.05) is 7.11 Å². The second-order valence-corrected chi connectivity index (χ2v) is 4.87. The summed E-state index contributed by atoms with van der Waals surface area (Å²) in [5.41, 5.74) is 1.80. The lowest BCUT2D eigenvalue weighted by atomic mass is 9.97. The first kappa shape index (κ1) is 13.0. The fourth-order valence-corrected chi connectivity index (χ4v) is 2.59. The number of aliphatic hydroxyl groups is 1. The van der Waals surface area contributed by atoms with Crippen molar-refractivity contribution in [3.63, 3.8) is 0 Å². The van der Waals surface area contributed by atoms with Gasteiger partial charge in [-0.1, -0.05) is 0 Å². The van der Waals surface area contributed by atoms with Crippen LogP contribution in [0.15, 0.2) is 30.7 Å². The maximum atomic E-state index is 10.3. The molecule has 1 aromatic carbocycles. The molecule has 1 N–H and O–H groups in total. The van der Waals surface area contributed by atoms with E-state index in [0.29, 0.717) is 12.2 Å². The monoisotopic (exact) mass is 274 g/mol. The van der Waals surface area contributed by atoms with Gasteiger partial charge in [0.15, 0.2) is 0 Å². The van der Waals surface area contributed by atoms with E-state index in [1.54, 1.807) is 19.6 Å². The summed E-state index contributed by atoms with van der Waals surface area (Å²) in [4.78, 5) is 4.16. The zero-order valence-corrected chi connectivity index (χ0v) is 11.6. The molecule has 0 radical (unpaired) electrons. The summed E-state index contributed by atoms with van der Waals surface area (Å²) in [6.45, 7) is 2.89. The van der Waals surface area contributed by atoms with Gasteiger partial charge in [0, 0.05) is 24.6 Å². The van der Waals surface area contributed by atoms with Crippen molar-refractivity contribution in [1.29, 1.82) is 0 Å². The van der Waals surface area contributed by atoms with Crippen LogP contribution < -0.4 is 9.47 Å². The second kappa shape index (κ2) is 5.17. The van der Waals surface area contributed by atoms with Crippen LogP contribution in [0.25, 0.3) is 0 Å². The fraction of sp³-hybridized carbons (Fsp3) is 0.400. The van der Waals surface area contributed by atoms with E-state index in [4.69, 9.17) is 9.47 Å². The number of aromatic nitrogens is 2. The Morgan fingerprint density at radius 1 is 1.50 bits per heavy atom. The van der Waals surface area contributed by atoms with Crippen molar-refractivity contribution < 1.29 is 14.6 Å². The van der Waals surface area contributed by atoms with Gasteiger partial charge in [-0.25, -0.2) is 4.98 Å². The predicted octanol–water partition coefficient (Wildman–Crippen LogP) is 2.47. The highest BCUT2D eigenvalue weighted by molar-refractivity contribution is 5.43. The summed E-state index contributed by atoms with van der Waals surface area (Å²) in [6.07, 6.45) is 3.39. The third kappa shape index (κ3) is 2.14. The molecule has 0 spiro atoms. The largest absolute Gasteiger partial charge is 0.497 e. The van der Waals surface area contributed by atoms with E-state index in [1.165, 1.54) is 0 Å². The number of nitrogens with zero attached hydrogens (tertiary/aromatic N) is 2. The maximum absolute atomic E-state index is 10.3. The molecule has 0 saturated carbocycles. The molecule has 2 aromatic rings. The Kier molecular flexibility index (Phi) is 3.36. The molecule has 0 bridgehead atoms. The molecule has 106 valence electrons. The molecule has 2 unspecified atom stereocenters. The van der Waals surface area contributed by atoms with Crippen LogP contribution >= 0.6 is 0 Å². The molecular formula is C15H18N2O3. The summed E-state index contributed by atoms with van der Waals surface area (Å²) in [7, 11) is 1.62. The number of methoxy groups -OCH3 is 1. The molecule has 5 heteroatoms. The average molecular weight is 274 g/mol. The van der Waals surface area contributed by atoms with Gasteiger partial charge in [-0.15, -0.1) is 0 Å². The predicted molar refractivity (Wildman–Crippen MR) is 73.8 cm³/mol. The number of benzene rings is 1. The van der Waals surface area contributed by atoms with Gasteiger partial charge in [-0.05, 0) is 19.1 Å². The quantitative estimate of drug-likeness (QED) is 0.934. The Bertz CT molecular complexity index is 609. The van der Waals surface area contributed by atoms with Gasteiger partial charge in [-0.3, -0.25) is 0 Å². The Morgan fingerprint density at radius 3 is 3.10 bits per heavy atom. The first-order chi connectivity index (χ1) is 9.72. The Morgan fingerprint density at radius 2 is 2.35 bits per heavy atom. The van der Waals surface area contributed by atoms with Crippen molar-refractivity contribution in [3.8, 4) is 11.5 Å². The molecule has 2 heterocycles. The number of fused-ring (bicyclic) bond motifs is 1. The molecule has 0 saturated heterocycles. The van der Waals surface area contributed by atoms with Crippen LogP contribution in [0.5, 0.6) is 11.5 Å². The van der Waals surface area contributed by atoms with Gasteiger partial charge < -0.3 is 19.1 Å². The summed E-state index contributed by atoms with van der Waals surface area (Å²) < 4.78 is 13.3. The number of hydrogen-bond donors (Lipinski definition) is 1. The zero-order valence-electron chi connectivity index (χ0n) is 11.6. The van der Waals surface area contributed by atoms with Crippen LogP contribution in [0.4, 0.5) is 0 Å². The zero-order chi connectivity index (χ0) is 14.1. The smallest absolute Gasteiger partial charge is 0.143 e. The SMILES string of the molecule is CCn1cncc1C1CC(O)c2ccc(OC)cc2O1. The van der Waals surface area contributed by atoms with Gasteiger partial charge in [0.1, 0.15) is 17.6 Å². The lowest BCUT2D eigenvalue weighted by Crippen LogP contribution is -2.21. The van der Waals surface area contributed by atoms with Crippen LogP contribution in [-0.2, 0) is 6.54 Å². The highest BCUT2D eigenvalue weighted by Gasteiger charge is 2.30. The van der Waals surface area contributed by atoms with E-state index in [1.807, 2.05) is 22.8 Å². The van der Waals surface area contributed by atoms with Gasteiger partial charge in [0.25, 0.3) is 0 Å². The summed E-state index contributed by atoms with van der Waals surface area (Å²) >= 11 is 0. The maximum Gasteiger partial charge on any atom is 0.143 e. The number of ether oxygens (including phenoxy) is 2. The van der Waals surface area contributed by atoms with E-state index in [-0.39, 0.29) is 6.10 Å². The third-order valence-electron chi connectivity index (χ3n) is 3.70. The van der Waals surface area contributed by atoms with Crippen LogP contribution in [0.2, 0.25) is 0 Å². The first-order valence-corrected chi connectivity index (χ1v) is 6.75. The van der Waals surface area contributed by atoms with E-state index in [2.05, 4.69) is 11.9 Å². The Labute approximate surface area is 117 Å². The number of aryl methyl sites for hydroxylation is 1. The normalized spacial score (nSPS) is 21.1. The van der Waals surface area contributed by atoms with Crippen molar-refractivity contribution in [2.24, 2.45) is 0 Å². The summed E-state index contributed by atoms with van der Waals surface area (Å²) in [5, 5.41) is 10.3. The van der Waals surface area contributed by atoms with Crippen molar-refractivity contribution in [2.45, 2.75) is 32.1 Å². The number of rotatable bonds is 3. The van der Waals surface area contributed by atoms with Gasteiger partial charge in [-0.2, -0.15) is 0 Å². The Balaban J connectivity index is 1.95. The molecule has 2 atom stereocenters. The minimum Gasteiger partial charge on any atom is -0.497 e. The van der Waals surface area contributed by atoms with E-state index in [9.17, 15) is 5.11 Å². The summed E-state index contributed by atoms with van der Waals surface area (Å²) in [5.74, 6) is 1.40. The van der Waals surface area contributed by atoms with E-state index in [0.717, 1.165) is 23.6 Å². The van der Waals surface area contributed by atoms with Crippen molar-refractivity contribution in [1.82, 2.24) is 9.55 Å². The third-order valence-corrected chi connectivity index (χ3v) is 3.70. The van der Waals surface area contributed by atoms with Crippen LogP contribution in [0.3, 0.4) is 0 Å². The molecule has 1 aliphatic rings. The number of imidazole rings is 1. The molecule has 3 rings (SSSR count). The topological polar surface area (TPSA) is 56.5 Å². The van der Waals surface area contributed by atoms with Crippen molar-refractivity contribution in [3.05, 3.63) is 42.0 Å². The standard InChI is InChI=1S/C15H18N2O3/c1-3-17-9-16-8-12(17)15-7-13(18)11-5-4-10(19-2)6-14(11)20-15/h4-6,8-9,13,15,18H,3,7H2,1-2H3. The highest BCUT2D eigenvalue weighted by atomic mass is 16.5. The van der Waals surface area contributed by atoms with Gasteiger partial charge in [0.05, 0.1) is 31.4 Å². The van der Waals surface area contributed by atoms with Crippen LogP contribution in [-0.4, -0.2) is 21.8 Å². The lowest BCUT2D eigenvalue weighted by molar-refractivity contribution is 0.0617. The molecule has 0 fully saturated rings. The minimum absolute atomic E-state index is 0.188. The second-order valence-electron chi connectivity index (χ2n) is 4.87. The van der Waals surface area contributed by atoms with Gasteiger partial charge in [0.2, 0.25) is 0 Å². The lowest BCUT2D eigenvalue weighted by Gasteiger charge is -2.30. The molecule has 0 amide bonds. The molecule has 20 heavy (non-hydrogen) atoms. The molecule has 0 aliphatic carbocycles. The van der Waals surface area contributed by atoms with Gasteiger partial charge >= 0.3 is 0 Å². The Hall–Kier alpha value is -2.01. The van der Waals surface area contributed by atoms with E-state index >= 15 is 0 Å². The minimum atomic E-state index is -0.533. The molecular weight excluding hydrogens is 256 g/mol. The molecule has 1 aromatic heterocycles. The molecule has 5 nitrogen and oxygen atoms in total. The number of aliphatic hydroxyl groups excluding tert-OH is 1. The fourth-order valence-electron chi connectivity index (χ4n) is 2.59. The highest BCUT2D eigenvalue weighted by Crippen LogP contribution is 2.42. The first-order valence-electron chi connectivity index (χ1n) is 6.75. The van der Waals surface area contributed by atoms with Crippen LogP contribution in [0, 0.1) is 0 Å². The van der Waals surface area contributed by atoms with E-state index < -0.39 is 6.10 Å². The number of hydrogen-bond acceptors (Lipinski definition) is 4. The van der Waals surface area contributed by atoms with Crippen LogP contribution in [0.1, 0.15) is 36.8 Å². The molecule has 1 aliphatic heterocycles.